The molecule has 3 atom stereocenters. The molecule has 2 amide bonds. The Balaban J connectivity index is 1.94. The summed E-state index contributed by atoms with van der Waals surface area (Å²) in [6.07, 6.45) is 8.73. The van der Waals surface area contributed by atoms with Crippen molar-refractivity contribution in [1.29, 1.82) is 0 Å². The van der Waals surface area contributed by atoms with Crippen LogP contribution in [0.3, 0.4) is 0 Å². The highest BCUT2D eigenvalue weighted by Gasteiger charge is 2.65. The lowest BCUT2D eigenvalue weighted by Gasteiger charge is -2.37. The van der Waals surface area contributed by atoms with E-state index in [1.165, 1.54) is 5.57 Å². The molecule has 0 N–H and O–H groups in total. The Bertz CT molecular complexity index is 586. The number of likely N-dealkylation sites (tertiary alicyclic amines) is 1. The standard InChI is InChI=1S/C18H25NO2/c1-12-6-9-17(4,10-7-12)14(20)19-13-8-11-18(5,15(19)21)16(13,2)3/h6,8,11,13H,7,9-10H2,1-5H3/t13-,17+,18-/m0/s1. The van der Waals surface area contributed by atoms with Crippen molar-refractivity contribution < 1.29 is 9.59 Å². The van der Waals surface area contributed by atoms with Gasteiger partial charge in [-0.1, -0.05) is 44.6 Å². The molecule has 0 aromatic carbocycles. The molecule has 3 aliphatic rings. The highest BCUT2D eigenvalue weighted by Crippen LogP contribution is 2.57. The molecule has 0 unspecified atom stereocenters. The number of hydrogen-bond acceptors (Lipinski definition) is 2. The molecular weight excluding hydrogens is 262 g/mol. The summed E-state index contributed by atoms with van der Waals surface area (Å²) in [5.41, 5.74) is 0.169. The first-order valence-electron chi connectivity index (χ1n) is 7.87. The van der Waals surface area contributed by atoms with Crippen LogP contribution in [0.5, 0.6) is 0 Å². The van der Waals surface area contributed by atoms with Gasteiger partial charge in [0.15, 0.2) is 0 Å². The second kappa shape index (κ2) is 4.08. The third-order valence-electron chi connectivity index (χ3n) is 6.34. The fourth-order valence-electron chi connectivity index (χ4n) is 3.96. The quantitative estimate of drug-likeness (QED) is 0.547. The molecule has 3 nitrogen and oxygen atoms in total. The molecule has 0 aromatic rings. The number of allylic oxidation sites excluding steroid dienone is 2. The summed E-state index contributed by atoms with van der Waals surface area (Å²) in [6.45, 7) is 10.3. The molecular formula is C18H25NO2. The number of rotatable bonds is 1. The highest BCUT2D eigenvalue weighted by atomic mass is 16.2. The van der Waals surface area contributed by atoms with Crippen LogP contribution in [0.1, 0.15) is 53.9 Å². The number of nitrogens with zero attached hydrogens (tertiary/aromatic N) is 1. The molecule has 1 saturated heterocycles. The van der Waals surface area contributed by atoms with Gasteiger partial charge in [-0.05, 0) is 33.1 Å². The first-order valence-corrected chi connectivity index (χ1v) is 7.87. The summed E-state index contributed by atoms with van der Waals surface area (Å²) >= 11 is 0. The van der Waals surface area contributed by atoms with Gasteiger partial charge in [-0.2, -0.15) is 0 Å². The monoisotopic (exact) mass is 287 g/mol. The first kappa shape index (κ1) is 14.6. The number of amides is 2. The normalized spacial score (nSPS) is 40.6. The third-order valence-corrected chi connectivity index (χ3v) is 6.34. The Morgan fingerprint density at radius 3 is 2.43 bits per heavy atom. The second-order valence-corrected chi connectivity index (χ2v) is 8.02. The van der Waals surface area contributed by atoms with E-state index in [0.29, 0.717) is 0 Å². The highest BCUT2D eigenvalue weighted by molar-refractivity contribution is 6.05. The van der Waals surface area contributed by atoms with E-state index >= 15 is 0 Å². The molecule has 2 aliphatic carbocycles. The van der Waals surface area contributed by atoms with Crippen molar-refractivity contribution in [3.63, 3.8) is 0 Å². The van der Waals surface area contributed by atoms with Gasteiger partial charge in [0.2, 0.25) is 11.8 Å². The first-order chi connectivity index (χ1) is 9.63. The van der Waals surface area contributed by atoms with E-state index in [0.717, 1.165) is 19.3 Å². The molecule has 0 radical (unpaired) electrons. The smallest absolute Gasteiger partial charge is 0.240 e. The molecule has 21 heavy (non-hydrogen) atoms. The average molecular weight is 287 g/mol. The zero-order valence-electron chi connectivity index (χ0n) is 13.7. The second-order valence-electron chi connectivity index (χ2n) is 8.02. The number of fused-ring (bicyclic) bond motifs is 2. The maximum Gasteiger partial charge on any atom is 0.240 e. The van der Waals surface area contributed by atoms with E-state index in [1.807, 2.05) is 26.0 Å². The van der Waals surface area contributed by atoms with Crippen LogP contribution in [0.25, 0.3) is 0 Å². The van der Waals surface area contributed by atoms with Crippen molar-refractivity contribution in [2.75, 3.05) is 0 Å². The van der Waals surface area contributed by atoms with E-state index in [4.69, 9.17) is 0 Å². The summed E-state index contributed by atoms with van der Waals surface area (Å²) in [5.74, 6) is -0.0000926. The molecule has 1 aliphatic heterocycles. The molecule has 0 saturated carbocycles. The van der Waals surface area contributed by atoms with Gasteiger partial charge < -0.3 is 0 Å². The summed E-state index contributed by atoms with van der Waals surface area (Å²) < 4.78 is 0. The predicted octanol–water partition coefficient (Wildman–Crippen LogP) is 3.46. The lowest BCUT2D eigenvalue weighted by Crippen LogP contribution is -2.49. The van der Waals surface area contributed by atoms with E-state index in [9.17, 15) is 9.59 Å². The Hall–Kier alpha value is -1.38. The number of hydrogen-bond donors (Lipinski definition) is 0. The minimum Gasteiger partial charge on any atom is -0.274 e. The zero-order valence-corrected chi connectivity index (χ0v) is 13.7. The molecule has 3 heteroatoms. The number of carbonyl (C=O) groups is 2. The number of carbonyl (C=O) groups excluding carboxylic acids is 2. The average Bonchev–Trinajstić information content (AvgIpc) is 2.74. The van der Waals surface area contributed by atoms with Crippen molar-refractivity contribution in [2.45, 2.75) is 59.9 Å². The molecule has 1 heterocycles. The lowest BCUT2D eigenvalue weighted by molar-refractivity contribution is -0.152. The Labute approximate surface area is 127 Å². The van der Waals surface area contributed by atoms with E-state index in [2.05, 4.69) is 26.8 Å². The van der Waals surface area contributed by atoms with Gasteiger partial charge in [-0.15, -0.1) is 0 Å². The van der Waals surface area contributed by atoms with Crippen LogP contribution in [-0.4, -0.2) is 22.8 Å². The fraction of sp³-hybridized carbons (Fsp3) is 0.667. The van der Waals surface area contributed by atoms with Crippen molar-refractivity contribution in [3.8, 4) is 0 Å². The van der Waals surface area contributed by atoms with Gasteiger partial charge in [0.1, 0.15) is 0 Å². The summed E-state index contributed by atoms with van der Waals surface area (Å²) in [7, 11) is 0. The largest absolute Gasteiger partial charge is 0.274 e. The summed E-state index contributed by atoms with van der Waals surface area (Å²) in [4.78, 5) is 27.5. The van der Waals surface area contributed by atoms with Gasteiger partial charge in [0.05, 0.1) is 16.9 Å². The fourth-order valence-corrected chi connectivity index (χ4v) is 3.96. The van der Waals surface area contributed by atoms with Crippen molar-refractivity contribution >= 4 is 11.8 Å². The van der Waals surface area contributed by atoms with E-state index in [-0.39, 0.29) is 23.3 Å². The van der Waals surface area contributed by atoms with Crippen molar-refractivity contribution in [3.05, 3.63) is 23.8 Å². The minimum absolute atomic E-state index is 0.0161. The lowest BCUT2D eigenvalue weighted by atomic mass is 9.70. The summed E-state index contributed by atoms with van der Waals surface area (Å²) in [5, 5.41) is 0. The molecule has 3 rings (SSSR count). The van der Waals surface area contributed by atoms with E-state index in [1.54, 1.807) is 4.90 Å². The Morgan fingerprint density at radius 1 is 1.29 bits per heavy atom. The molecule has 0 aromatic heterocycles. The van der Waals surface area contributed by atoms with Gasteiger partial charge in [0.25, 0.3) is 0 Å². The maximum atomic E-state index is 13.1. The van der Waals surface area contributed by atoms with Crippen LogP contribution in [0.4, 0.5) is 0 Å². The van der Waals surface area contributed by atoms with Crippen LogP contribution >= 0.6 is 0 Å². The molecule has 2 bridgehead atoms. The maximum absolute atomic E-state index is 13.1. The van der Waals surface area contributed by atoms with Crippen molar-refractivity contribution in [2.24, 2.45) is 16.2 Å². The topological polar surface area (TPSA) is 37.4 Å². The van der Waals surface area contributed by atoms with Crippen LogP contribution in [0, 0.1) is 16.2 Å². The Morgan fingerprint density at radius 2 is 1.95 bits per heavy atom. The predicted molar refractivity (Wildman–Crippen MR) is 82.4 cm³/mol. The zero-order chi connectivity index (χ0) is 15.6. The molecule has 0 spiro atoms. The van der Waals surface area contributed by atoms with E-state index < -0.39 is 10.8 Å². The van der Waals surface area contributed by atoms with Gasteiger partial charge in [-0.3, -0.25) is 14.5 Å². The SMILES string of the molecule is CC1=CC[C@@](C)(C(=O)N2C(=O)[C@]3(C)C=C[C@H]2C3(C)C)CC1. The Kier molecular flexibility index (Phi) is 2.83. The summed E-state index contributed by atoms with van der Waals surface area (Å²) in [6, 6.07) is -0.0914. The number of imide groups is 1. The van der Waals surface area contributed by atoms with Crippen LogP contribution in [-0.2, 0) is 9.59 Å². The van der Waals surface area contributed by atoms with Crippen LogP contribution in [0.2, 0.25) is 0 Å². The van der Waals surface area contributed by atoms with Crippen LogP contribution < -0.4 is 0 Å². The van der Waals surface area contributed by atoms with Crippen molar-refractivity contribution in [1.82, 2.24) is 4.90 Å². The minimum atomic E-state index is -0.538. The molecule has 114 valence electrons. The van der Waals surface area contributed by atoms with Gasteiger partial charge in [-0.25, -0.2) is 0 Å². The molecule has 1 fully saturated rings. The third kappa shape index (κ3) is 1.66. The van der Waals surface area contributed by atoms with Crippen LogP contribution in [0.15, 0.2) is 23.8 Å². The van der Waals surface area contributed by atoms with Gasteiger partial charge in [0, 0.05) is 5.41 Å². The van der Waals surface area contributed by atoms with Gasteiger partial charge >= 0.3 is 0 Å².